The number of nitrogens with one attached hydrogen (secondary N) is 1. The Bertz CT molecular complexity index is 1300. The summed E-state index contributed by atoms with van der Waals surface area (Å²) in [6.45, 7) is 3.78. The van der Waals surface area contributed by atoms with Crippen molar-refractivity contribution in [3.63, 3.8) is 0 Å². The number of benzene rings is 3. The van der Waals surface area contributed by atoms with Gasteiger partial charge in [0.25, 0.3) is 0 Å². The van der Waals surface area contributed by atoms with E-state index in [4.69, 9.17) is 27.9 Å². The smallest absolute Gasteiger partial charge is 0.194 e. The zero-order valence-electron chi connectivity index (χ0n) is 15.2. The maximum Gasteiger partial charge on any atom is 0.194 e. The number of fused-ring (bicyclic) bond motifs is 2. The minimum atomic E-state index is -0.116. The Morgan fingerprint density at radius 2 is 1.89 bits per heavy atom. The highest BCUT2D eigenvalue weighted by atomic mass is 79.9. The number of H-pyrrole nitrogens is 1. The third-order valence-corrected chi connectivity index (χ3v) is 6.33. The Labute approximate surface area is 180 Å². The first-order valence-electron chi connectivity index (χ1n) is 8.81. The first-order chi connectivity index (χ1) is 13.4. The number of halogens is 3. The quantitative estimate of drug-likeness (QED) is 0.334. The van der Waals surface area contributed by atoms with Gasteiger partial charge in [0.05, 0.1) is 25.4 Å². The van der Waals surface area contributed by atoms with Gasteiger partial charge in [-0.05, 0) is 52.2 Å². The average Bonchev–Trinajstić information content (AvgIpc) is 2.69. The Morgan fingerprint density at radius 1 is 1.14 bits per heavy atom. The third kappa shape index (κ3) is 3.10. The van der Waals surface area contributed by atoms with Gasteiger partial charge in [0.15, 0.2) is 11.2 Å². The van der Waals surface area contributed by atoms with Crippen LogP contribution < -0.4 is 10.2 Å². The van der Waals surface area contributed by atoms with E-state index >= 15 is 0 Å². The Hall–Kier alpha value is -2.01. The summed E-state index contributed by atoms with van der Waals surface area (Å²) in [6, 6.07) is 13.4. The van der Waals surface area contributed by atoms with E-state index in [0.29, 0.717) is 33.7 Å². The van der Waals surface area contributed by atoms with Crippen LogP contribution in [0.4, 0.5) is 0 Å². The summed E-state index contributed by atoms with van der Waals surface area (Å²) in [5.74, 6) is 0.834. The second-order valence-corrected chi connectivity index (χ2v) is 8.11. The molecule has 28 heavy (non-hydrogen) atoms. The Balaban J connectivity index is 1.91. The van der Waals surface area contributed by atoms with Crippen LogP contribution in [0.15, 0.2) is 51.7 Å². The number of ether oxygens (including phenoxy) is 1. The van der Waals surface area contributed by atoms with Gasteiger partial charge in [-0.25, -0.2) is 0 Å². The fraction of sp³-hybridized carbons (Fsp3) is 0.136. The molecule has 0 saturated carbocycles. The van der Waals surface area contributed by atoms with Gasteiger partial charge in [-0.3, -0.25) is 4.79 Å². The van der Waals surface area contributed by atoms with E-state index in [-0.39, 0.29) is 16.2 Å². The molecule has 4 rings (SSSR count). The third-order valence-electron chi connectivity index (χ3n) is 4.88. The highest BCUT2D eigenvalue weighted by Gasteiger charge is 2.19. The minimum Gasteiger partial charge on any atom is -0.453 e. The zero-order valence-corrected chi connectivity index (χ0v) is 18.3. The molecular formula is C22H16BrCl2NO2. The van der Waals surface area contributed by atoms with Gasteiger partial charge in [-0.15, -0.1) is 0 Å². The molecule has 142 valence electrons. The van der Waals surface area contributed by atoms with E-state index < -0.39 is 0 Å². The molecule has 4 aromatic rings. The summed E-state index contributed by atoms with van der Waals surface area (Å²) in [6.07, 6.45) is 0.717. The lowest BCUT2D eigenvalue weighted by Gasteiger charge is -2.15. The zero-order chi connectivity index (χ0) is 20.0. The van der Waals surface area contributed by atoms with Gasteiger partial charge in [-0.2, -0.15) is 0 Å². The molecule has 0 radical (unpaired) electrons. The van der Waals surface area contributed by atoms with Crippen molar-refractivity contribution in [1.82, 2.24) is 4.98 Å². The number of aromatic nitrogens is 1. The van der Waals surface area contributed by atoms with Crippen LogP contribution in [0.5, 0.6) is 11.5 Å². The molecule has 0 atom stereocenters. The molecule has 6 heteroatoms. The second-order valence-electron chi connectivity index (χ2n) is 6.54. The fourth-order valence-electron chi connectivity index (χ4n) is 3.35. The number of rotatable bonds is 3. The average molecular weight is 477 g/mol. The lowest BCUT2D eigenvalue weighted by Crippen LogP contribution is -2.12. The minimum absolute atomic E-state index is 0.116. The van der Waals surface area contributed by atoms with Crippen molar-refractivity contribution in [3.8, 4) is 11.5 Å². The van der Waals surface area contributed by atoms with Crippen molar-refractivity contribution in [3.05, 3.63) is 78.5 Å². The van der Waals surface area contributed by atoms with E-state index in [1.807, 2.05) is 43.3 Å². The van der Waals surface area contributed by atoms with Crippen molar-refractivity contribution in [2.75, 3.05) is 0 Å². The summed E-state index contributed by atoms with van der Waals surface area (Å²) in [4.78, 5) is 16.1. The molecule has 3 nitrogen and oxygen atoms in total. The SMILES string of the molecule is CCc1[nH]c2cc(Cl)c(Oc3ccc4ccccc4c3Br)c(Cl)c2c(=O)c1C. The number of aromatic amines is 1. The molecular weight excluding hydrogens is 461 g/mol. The summed E-state index contributed by atoms with van der Waals surface area (Å²) in [7, 11) is 0. The van der Waals surface area contributed by atoms with Crippen molar-refractivity contribution >= 4 is 60.8 Å². The number of hydrogen-bond donors (Lipinski definition) is 1. The molecule has 0 aliphatic carbocycles. The van der Waals surface area contributed by atoms with Crippen LogP contribution in [-0.4, -0.2) is 4.98 Å². The van der Waals surface area contributed by atoms with Crippen molar-refractivity contribution in [2.45, 2.75) is 20.3 Å². The molecule has 1 heterocycles. The largest absolute Gasteiger partial charge is 0.453 e. The number of hydrogen-bond acceptors (Lipinski definition) is 2. The Kier molecular flexibility index (Phi) is 5.13. The van der Waals surface area contributed by atoms with E-state index in [2.05, 4.69) is 20.9 Å². The maximum absolute atomic E-state index is 12.9. The monoisotopic (exact) mass is 475 g/mol. The van der Waals surface area contributed by atoms with Gasteiger partial charge < -0.3 is 9.72 Å². The van der Waals surface area contributed by atoms with Crippen LogP contribution in [0.2, 0.25) is 10.0 Å². The lowest BCUT2D eigenvalue weighted by molar-refractivity contribution is 0.482. The normalized spacial score (nSPS) is 11.3. The van der Waals surface area contributed by atoms with E-state index in [1.54, 1.807) is 13.0 Å². The summed E-state index contributed by atoms with van der Waals surface area (Å²) in [5.41, 5.74) is 2.01. The molecule has 0 unspecified atom stereocenters. The molecule has 3 aromatic carbocycles. The summed E-state index contributed by atoms with van der Waals surface area (Å²) >= 11 is 16.7. The second kappa shape index (κ2) is 7.43. The molecule has 0 aliphatic rings. The molecule has 0 spiro atoms. The highest BCUT2D eigenvalue weighted by molar-refractivity contribution is 9.10. The molecule has 0 aliphatic heterocycles. The summed E-state index contributed by atoms with van der Waals surface area (Å²) in [5, 5.41) is 3.01. The van der Waals surface area contributed by atoms with Crippen LogP contribution >= 0.6 is 39.1 Å². The van der Waals surface area contributed by atoms with Crippen molar-refractivity contribution in [1.29, 1.82) is 0 Å². The number of aryl methyl sites for hydroxylation is 1. The maximum atomic E-state index is 12.9. The highest BCUT2D eigenvalue weighted by Crippen LogP contribution is 2.43. The van der Waals surface area contributed by atoms with Gasteiger partial charge in [0, 0.05) is 11.3 Å². The molecule has 0 bridgehead atoms. The van der Waals surface area contributed by atoms with Crippen molar-refractivity contribution < 1.29 is 4.74 Å². The van der Waals surface area contributed by atoms with Gasteiger partial charge in [0.1, 0.15) is 5.75 Å². The van der Waals surface area contributed by atoms with Gasteiger partial charge in [-0.1, -0.05) is 60.5 Å². The molecule has 1 aromatic heterocycles. The Morgan fingerprint density at radius 3 is 2.64 bits per heavy atom. The predicted molar refractivity (Wildman–Crippen MR) is 120 cm³/mol. The molecule has 0 amide bonds. The molecule has 0 fully saturated rings. The first-order valence-corrected chi connectivity index (χ1v) is 10.4. The van der Waals surface area contributed by atoms with E-state index in [9.17, 15) is 4.79 Å². The van der Waals surface area contributed by atoms with Crippen LogP contribution in [0.1, 0.15) is 18.2 Å². The molecule has 1 N–H and O–H groups in total. The van der Waals surface area contributed by atoms with Crippen LogP contribution in [0, 0.1) is 6.92 Å². The van der Waals surface area contributed by atoms with E-state index in [0.717, 1.165) is 20.9 Å². The van der Waals surface area contributed by atoms with Gasteiger partial charge in [0.2, 0.25) is 0 Å². The van der Waals surface area contributed by atoms with Crippen LogP contribution in [0.25, 0.3) is 21.7 Å². The predicted octanol–water partition coefficient (Wildman–Crippen LogP) is 7.41. The topological polar surface area (TPSA) is 42.1 Å². The summed E-state index contributed by atoms with van der Waals surface area (Å²) < 4.78 is 6.87. The van der Waals surface area contributed by atoms with Crippen LogP contribution in [-0.2, 0) is 6.42 Å². The standard InChI is InChI=1S/C22H16BrCl2NO2/c1-3-15-11(2)21(27)18-16(26-15)10-14(24)22(20(18)25)28-17-9-8-12-6-4-5-7-13(12)19(17)23/h4-10H,3H2,1-2H3,(H,26,27). The van der Waals surface area contributed by atoms with Crippen molar-refractivity contribution in [2.24, 2.45) is 0 Å². The lowest BCUT2D eigenvalue weighted by atomic mass is 10.1. The first kappa shape index (κ1) is 19.3. The van der Waals surface area contributed by atoms with Crippen LogP contribution in [0.3, 0.4) is 0 Å². The molecule has 0 saturated heterocycles. The van der Waals surface area contributed by atoms with E-state index in [1.165, 1.54) is 0 Å². The van der Waals surface area contributed by atoms with Gasteiger partial charge >= 0.3 is 0 Å². The number of pyridine rings is 1. The fourth-order valence-corrected chi connectivity index (χ4v) is 4.54.